The fraction of sp³-hybridized carbons (Fsp3) is 0.474. The SMILES string of the molecule is O=C(C1CCC(O)CC1)N1CCc2c(nc(-c3ccccn3)[nH]c2=O)C1. The van der Waals surface area contributed by atoms with E-state index in [0.717, 1.165) is 12.8 Å². The maximum absolute atomic E-state index is 12.8. The summed E-state index contributed by atoms with van der Waals surface area (Å²) in [6.07, 6.45) is 4.72. The van der Waals surface area contributed by atoms with Crippen LogP contribution in [-0.2, 0) is 17.8 Å². The summed E-state index contributed by atoms with van der Waals surface area (Å²) in [6, 6.07) is 5.44. The van der Waals surface area contributed by atoms with Crippen molar-refractivity contribution in [2.45, 2.75) is 44.8 Å². The minimum Gasteiger partial charge on any atom is -0.393 e. The number of hydrogen-bond donors (Lipinski definition) is 2. The van der Waals surface area contributed by atoms with Gasteiger partial charge in [-0.05, 0) is 44.2 Å². The predicted molar refractivity (Wildman–Crippen MR) is 95.2 cm³/mol. The molecule has 1 saturated carbocycles. The molecule has 0 aromatic carbocycles. The van der Waals surface area contributed by atoms with E-state index < -0.39 is 0 Å². The Morgan fingerprint density at radius 3 is 2.77 bits per heavy atom. The second-order valence-corrected chi connectivity index (χ2v) is 7.07. The van der Waals surface area contributed by atoms with E-state index in [2.05, 4.69) is 15.0 Å². The van der Waals surface area contributed by atoms with Crippen molar-refractivity contribution in [3.8, 4) is 11.5 Å². The molecule has 2 N–H and O–H groups in total. The Morgan fingerprint density at radius 2 is 2.04 bits per heavy atom. The van der Waals surface area contributed by atoms with Crippen molar-refractivity contribution < 1.29 is 9.90 Å². The van der Waals surface area contributed by atoms with Gasteiger partial charge in [-0.3, -0.25) is 14.6 Å². The maximum Gasteiger partial charge on any atom is 0.254 e. The summed E-state index contributed by atoms with van der Waals surface area (Å²) in [7, 11) is 0. The number of amides is 1. The molecule has 0 unspecified atom stereocenters. The van der Waals surface area contributed by atoms with Gasteiger partial charge in [-0.15, -0.1) is 0 Å². The molecule has 1 aliphatic heterocycles. The zero-order valence-corrected chi connectivity index (χ0v) is 14.5. The van der Waals surface area contributed by atoms with E-state index in [1.165, 1.54) is 0 Å². The monoisotopic (exact) mass is 354 g/mol. The number of nitrogens with one attached hydrogen (secondary N) is 1. The molecule has 3 heterocycles. The highest BCUT2D eigenvalue weighted by Gasteiger charge is 2.31. The van der Waals surface area contributed by atoms with Crippen LogP contribution in [0.3, 0.4) is 0 Å². The molecule has 26 heavy (non-hydrogen) atoms. The molecular formula is C19H22N4O3. The molecule has 2 aromatic rings. The maximum atomic E-state index is 12.8. The van der Waals surface area contributed by atoms with Crippen molar-refractivity contribution in [3.05, 3.63) is 46.0 Å². The van der Waals surface area contributed by atoms with E-state index in [0.29, 0.717) is 55.1 Å². The van der Waals surface area contributed by atoms with E-state index in [9.17, 15) is 14.7 Å². The van der Waals surface area contributed by atoms with Gasteiger partial charge in [0, 0.05) is 24.2 Å². The highest BCUT2D eigenvalue weighted by atomic mass is 16.3. The number of nitrogens with zero attached hydrogens (tertiary/aromatic N) is 3. The molecule has 136 valence electrons. The molecule has 2 aromatic heterocycles. The zero-order valence-electron chi connectivity index (χ0n) is 14.5. The number of aromatic amines is 1. The normalized spacial score (nSPS) is 22.7. The summed E-state index contributed by atoms with van der Waals surface area (Å²) >= 11 is 0. The lowest BCUT2D eigenvalue weighted by molar-refractivity contribution is -0.138. The van der Waals surface area contributed by atoms with Crippen molar-refractivity contribution in [3.63, 3.8) is 0 Å². The second kappa shape index (κ2) is 6.99. The third-order valence-electron chi connectivity index (χ3n) is 5.34. The standard InChI is InChI=1S/C19H22N4O3/c24-13-6-4-12(5-7-13)19(26)23-10-8-14-16(11-23)21-17(22-18(14)25)15-3-1-2-9-20-15/h1-3,9,12-13,24H,4-8,10-11H2,(H,21,22,25). The number of carbonyl (C=O) groups excluding carboxylic acids is 1. The summed E-state index contributed by atoms with van der Waals surface area (Å²) in [5.74, 6) is 0.519. The van der Waals surface area contributed by atoms with Crippen LogP contribution in [0, 0.1) is 5.92 Å². The average molecular weight is 354 g/mol. The summed E-state index contributed by atoms with van der Waals surface area (Å²) in [5.41, 5.74) is 1.78. The first-order valence-corrected chi connectivity index (χ1v) is 9.12. The number of H-pyrrole nitrogens is 1. The highest BCUT2D eigenvalue weighted by molar-refractivity contribution is 5.79. The molecule has 0 spiro atoms. The van der Waals surface area contributed by atoms with Gasteiger partial charge in [-0.1, -0.05) is 6.07 Å². The van der Waals surface area contributed by atoms with Crippen LogP contribution in [0.5, 0.6) is 0 Å². The molecule has 0 saturated heterocycles. The molecule has 1 aliphatic carbocycles. The number of carbonyl (C=O) groups is 1. The number of pyridine rings is 1. The van der Waals surface area contributed by atoms with Gasteiger partial charge in [-0.2, -0.15) is 0 Å². The van der Waals surface area contributed by atoms with Crippen LogP contribution in [0.1, 0.15) is 36.9 Å². The smallest absolute Gasteiger partial charge is 0.254 e. The number of rotatable bonds is 2. The van der Waals surface area contributed by atoms with Crippen LogP contribution in [0.15, 0.2) is 29.2 Å². The highest BCUT2D eigenvalue weighted by Crippen LogP contribution is 2.27. The molecule has 1 amide bonds. The predicted octanol–water partition coefficient (Wildman–Crippen LogP) is 1.27. The summed E-state index contributed by atoms with van der Waals surface area (Å²) in [5, 5.41) is 9.64. The summed E-state index contributed by atoms with van der Waals surface area (Å²) in [6.45, 7) is 0.898. The van der Waals surface area contributed by atoms with E-state index in [1.807, 2.05) is 12.1 Å². The molecule has 1 fully saturated rings. The summed E-state index contributed by atoms with van der Waals surface area (Å²) in [4.78, 5) is 38.7. The lowest BCUT2D eigenvalue weighted by Gasteiger charge is -2.33. The number of aliphatic hydroxyl groups is 1. The van der Waals surface area contributed by atoms with E-state index in [4.69, 9.17) is 0 Å². The van der Waals surface area contributed by atoms with Crippen LogP contribution < -0.4 is 5.56 Å². The third-order valence-corrected chi connectivity index (χ3v) is 5.34. The second-order valence-electron chi connectivity index (χ2n) is 7.07. The Labute approximate surface area is 151 Å². The van der Waals surface area contributed by atoms with Crippen LogP contribution in [-0.4, -0.2) is 43.5 Å². The number of fused-ring (bicyclic) bond motifs is 1. The molecule has 0 atom stereocenters. The van der Waals surface area contributed by atoms with Gasteiger partial charge in [-0.25, -0.2) is 4.98 Å². The van der Waals surface area contributed by atoms with Crippen molar-refractivity contribution in [1.29, 1.82) is 0 Å². The van der Waals surface area contributed by atoms with Gasteiger partial charge < -0.3 is 15.0 Å². The molecule has 7 nitrogen and oxygen atoms in total. The third kappa shape index (κ3) is 3.26. The fourth-order valence-electron chi connectivity index (χ4n) is 3.83. The lowest BCUT2D eigenvalue weighted by atomic mass is 9.86. The van der Waals surface area contributed by atoms with Crippen molar-refractivity contribution >= 4 is 5.91 Å². The number of aromatic nitrogens is 3. The summed E-state index contributed by atoms with van der Waals surface area (Å²) < 4.78 is 0. The molecular weight excluding hydrogens is 332 g/mol. The zero-order chi connectivity index (χ0) is 18.1. The first-order chi connectivity index (χ1) is 12.6. The quantitative estimate of drug-likeness (QED) is 0.846. The molecule has 0 radical (unpaired) electrons. The molecule has 0 bridgehead atoms. The van der Waals surface area contributed by atoms with E-state index >= 15 is 0 Å². The van der Waals surface area contributed by atoms with Crippen LogP contribution in [0.4, 0.5) is 0 Å². The van der Waals surface area contributed by atoms with E-state index in [1.54, 1.807) is 17.2 Å². The van der Waals surface area contributed by atoms with Gasteiger partial charge in [0.05, 0.1) is 18.3 Å². The van der Waals surface area contributed by atoms with Crippen molar-refractivity contribution in [1.82, 2.24) is 19.9 Å². The van der Waals surface area contributed by atoms with Gasteiger partial charge in [0.15, 0.2) is 5.82 Å². The average Bonchev–Trinajstić information content (AvgIpc) is 2.68. The first kappa shape index (κ1) is 16.9. The van der Waals surface area contributed by atoms with E-state index in [-0.39, 0.29) is 23.5 Å². The molecule has 7 heteroatoms. The van der Waals surface area contributed by atoms with Gasteiger partial charge >= 0.3 is 0 Å². The van der Waals surface area contributed by atoms with Crippen LogP contribution in [0.25, 0.3) is 11.5 Å². The Morgan fingerprint density at radius 1 is 1.23 bits per heavy atom. The van der Waals surface area contributed by atoms with Gasteiger partial charge in [0.1, 0.15) is 5.69 Å². The Balaban J connectivity index is 1.57. The van der Waals surface area contributed by atoms with Crippen LogP contribution in [0.2, 0.25) is 0 Å². The van der Waals surface area contributed by atoms with Crippen molar-refractivity contribution in [2.75, 3.05) is 6.54 Å². The molecule has 2 aliphatic rings. The Kier molecular flexibility index (Phi) is 4.55. The lowest BCUT2D eigenvalue weighted by Crippen LogP contribution is -2.43. The first-order valence-electron chi connectivity index (χ1n) is 9.12. The number of aliphatic hydroxyl groups excluding tert-OH is 1. The van der Waals surface area contributed by atoms with Crippen molar-refractivity contribution in [2.24, 2.45) is 5.92 Å². The van der Waals surface area contributed by atoms with Gasteiger partial charge in [0.2, 0.25) is 5.91 Å². The largest absolute Gasteiger partial charge is 0.393 e. The topological polar surface area (TPSA) is 99.2 Å². The Hall–Kier alpha value is -2.54. The minimum absolute atomic E-state index is 0.0304. The van der Waals surface area contributed by atoms with Crippen LogP contribution >= 0.6 is 0 Å². The van der Waals surface area contributed by atoms with Gasteiger partial charge in [0.25, 0.3) is 5.56 Å². The fourth-order valence-corrected chi connectivity index (χ4v) is 3.83. The Bertz CT molecular complexity index is 857. The number of hydrogen-bond acceptors (Lipinski definition) is 5. The minimum atomic E-state index is -0.276. The molecule has 4 rings (SSSR count).